The number of aryl methyl sites for hydroxylation is 1. The molecule has 4 aromatic rings. The second-order valence-corrected chi connectivity index (χ2v) is 7.81. The number of carbonyl (C=O) groups is 2. The van der Waals surface area contributed by atoms with Gasteiger partial charge in [0.25, 0.3) is 0 Å². The van der Waals surface area contributed by atoms with E-state index in [1.54, 1.807) is 36.5 Å². The lowest BCUT2D eigenvalue weighted by atomic mass is 9.98. The van der Waals surface area contributed by atoms with E-state index in [2.05, 4.69) is 20.6 Å². The number of ketones is 1. The summed E-state index contributed by atoms with van der Waals surface area (Å²) in [6.45, 7) is 5.86. The highest BCUT2D eigenvalue weighted by atomic mass is 16.2. The van der Waals surface area contributed by atoms with Crippen LogP contribution < -0.4 is 16.4 Å². The number of hydrogen-bond donors (Lipinski definition) is 3. The predicted molar refractivity (Wildman–Crippen MR) is 126 cm³/mol. The van der Waals surface area contributed by atoms with E-state index >= 15 is 0 Å². The van der Waals surface area contributed by atoms with Crippen molar-refractivity contribution in [2.24, 2.45) is 0 Å². The number of fused-ring (bicyclic) bond motifs is 1. The van der Waals surface area contributed by atoms with Crippen LogP contribution in [0.3, 0.4) is 0 Å². The van der Waals surface area contributed by atoms with Gasteiger partial charge in [0.05, 0.1) is 10.9 Å². The quantitative estimate of drug-likeness (QED) is 0.396. The average molecular weight is 428 g/mol. The molecular weight excluding hydrogens is 404 g/mol. The van der Waals surface area contributed by atoms with Gasteiger partial charge >= 0.3 is 6.03 Å². The monoisotopic (exact) mass is 428 g/mol. The molecule has 162 valence electrons. The first-order valence-corrected chi connectivity index (χ1v) is 10.2. The second-order valence-electron chi connectivity index (χ2n) is 7.81. The molecule has 0 radical (unpaired) electrons. The minimum Gasteiger partial charge on any atom is -0.383 e. The maximum atomic E-state index is 13.5. The number of carbonyl (C=O) groups excluding carboxylic acids is 2. The highest BCUT2D eigenvalue weighted by Gasteiger charge is 2.22. The van der Waals surface area contributed by atoms with Gasteiger partial charge in [-0.15, -0.1) is 0 Å². The van der Waals surface area contributed by atoms with Gasteiger partial charge in [-0.3, -0.25) is 4.79 Å². The fraction of sp³-hybridized carbons (Fsp3) is 0.167. The summed E-state index contributed by atoms with van der Waals surface area (Å²) in [4.78, 5) is 34.3. The van der Waals surface area contributed by atoms with Crippen LogP contribution in [-0.2, 0) is 0 Å². The summed E-state index contributed by atoms with van der Waals surface area (Å²) in [5, 5.41) is 6.07. The van der Waals surface area contributed by atoms with Gasteiger partial charge in [0.1, 0.15) is 17.8 Å². The van der Waals surface area contributed by atoms with Crippen molar-refractivity contribution in [3.05, 3.63) is 77.7 Å². The van der Waals surface area contributed by atoms with Gasteiger partial charge < -0.3 is 20.9 Å². The Morgan fingerprint density at radius 1 is 0.969 bits per heavy atom. The number of anilines is 3. The predicted octanol–water partition coefficient (Wildman–Crippen LogP) is 4.78. The second kappa shape index (κ2) is 8.50. The Labute approximate surface area is 185 Å². The van der Waals surface area contributed by atoms with Crippen LogP contribution in [0.2, 0.25) is 0 Å². The van der Waals surface area contributed by atoms with Crippen molar-refractivity contribution in [3.63, 3.8) is 0 Å². The maximum Gasteiger partial charge on any atom is 0.323 e. The fourth-order valence-electron chi connectivity index (χ4n) is 3.58. The van der Waals surface area contributed by atoms with Gasteiger partial charge in [-0.2, -0.15) is 0 Å². The summed E-state index contributed by atoms with van der Waals surface area (Å²) in [6, 6.07) is 14.0. The van der Waals surface area contributed by atoms with Crippen LogP contribution in [0.5, 0.6) is 0 Å². The van der Waals surface area contributed by atoms with E-state index in [0.717, 1.165) is 5.56 Å². The minimum atomic E-state index is -0.396. The summed E-state index contributed by atoms with van der Waals surface area (Å²) in [5.74, 6) is 0.0486. The lowest BCUT2D eigenvalue weighted by molar-refractivity contribution is 0.103. The molecule has 0 fully saturated rings. The molecule has 0 aliphatic heterocycles. The molecular formula is C24H24N6O2. The third-order valence-corrected chi connectivity index (χ3v) is 5.21. The number of aromatic nitrogens is 3. The largest absolute Gasteiger partial charge is 0.383 e. The maximum absolute atomic E-state index is 13.5. The van der Waals surface area contributed by atoms with Crippen LogP contribution in [0.4, 0.5) is 22.0 Å². The summed E-state index contributed by atoms with van der Waals surface area (Å²) < 4.78 is 1.91. The number of urea groups is 1. The normalized spacial score (nSPS) is 11.0. The molecule has 0 spiro atoms. The van der Waals surface area contributed by atoms with Crippen molar-refractivity contribution in [1.29, 1.82) is 0 Å². The zero-order valence-corrected chi connectivity index (χ0v) is 18.1. The van der Waals surface area contributed by atoms with Crippen LogP contribution in [0.25, 0.3) is 11.0 Å². The lowest BCUT2D eigenvalue weighted by Gasteiger charge is -2.11. The molecule has 4 rings (SSSR count). The van der Waals surface area contributed by atoms with Crippen molar-refractivity contribution in [2.45, 2.75) is 26.8 Å². The Balaban J connectivity index is 1.67. The average Bonchev–Trinajstić information content (AvgIpc) is 3.17. The van der Waals surface area contributed by atoms with Crippen LogP contribution in [0.1, 0.15) is 41.4 Å². The first-order chi connectivity index (χ1) is 15.3. The first kappa shape index (κ1) is 21.0. The van der Waals surface area contributed by atoms with Crippen LogP contribution >= 0.6 is 0 Å². The van der Waals surface area contributed by atoms with E-state index < -0.39 is 6.03 Å². The summed E-state index contributed by atoms with van der Waals surface area (Å²) in [6.07, 6.45) is 3.16. The molecule has 32 heavy (non-hydrogen) atoms. The minimum absolute atomic E-state index is 0.0872. The molecule has 2 aromatic carbocycles. The van der Waals surface area contributed by atoms with E-state index in [1.165, 1.54) is 6.33 Å². The number of nitrogen functional groups attached to an aromatic ring is 1. The molecule has 8 nitrogen and oxygen atoms in total. The third-order valence-electron chi connectivity index (χ3n) is 5.21. The Morgan fingerprint density at radius 2 is 1.69 bits per heavy atom. The summed E-state index contributed by atoms with van der Waals surface area (Å²) in [5.41, 5.74) is 9.58. The van der Waals surface area contributed by atoms with Gasteiger partial charge in [-0.05, 0) is 50.6 Å². The van der Waals surface area contributed by atoms with E-state index in [0.29, 0.717) is 33.5 Å². The van der Waals surface area contributed by atoms with Crippen molar-refractivity contribution < 1.29 is 9.59 Å². The molecule has 0 atom stereocenters. The Kier molecular flexibility index (Phi) is 5.59. The molecule has 4 N–H and O–H groups in total. The molecule has 2 heterocycles. The third kappa shape index (κ3) is 4.02. The molecule has 0 saturated heterocycles. The Hall–Kier alpha value is -4.20. The number of nitrogens with two attached hydrogens (primary N) is 1. The van der Waals surface area contributed by atoms with E-state index in [9.17, 15) is 9.59 Å². The Bertz CT molecular complexity index is 1310. The van der Waals surface area contributed by atoms with Gasteiger partial charge in [0.15, 0.2) is 5.78 Å². The number of para-hydroxylation sites is 1. The molecule has 0 saturated carbocycles. The SMILES string of the molecule is Cc1ccc(NC(=O)Nc2ccccc2)cc1C(=O)c1cn(C(C)C)c2ncnc(N)c12. The molecule has 0 aliphatic carbocycles. The van der Waals surface area contributed by atoms with Gasteiger partial charge in [-0.1, -0.05) is 24.3 Å². The van der Waals surface area contributed by atoms with Crippen LogP contribution in [0.15, 0.2) is 61.1 Å². The van der Waals surface area contributed by atoms with Crippen LogP contribution in [0, 0.1) is 6.92 Å². The zero-order valence-electron chi connectivity index (χ0n) is 18.1. The van der Waals surface area contributed by atoms with Gasteiger partial charge in [0.2, 0.25) is 0 Å². The van der Waals surface area contributed by atoms with Crippen molar-refractivity contribution in [1.82, 2.24) is 14.5 Å². The summed E-state index contributed by atoms with van der Waals surface area (Å²) in [7, 11) is 0. The highest BCUT2D eigenvalue weighted by Crippen LogP contribution is 2.29. The number of benzene rings is 2. The van der Waals surface area contributed by atoms with Crippen LogP contribution in [-0.4, -0.2) is 26.3 Å². The molecule has 0 unspecified atom stereocenters. The smallest absolute Gasteiger partial charge is 0.323 e. The first-order valence-electron chi connectivity index (χ1n) is 10.2. The molecule has 2 aromatic heterocycles. The van der Waals surface area contributed by atoms with Crippen molar-refractivity contribution >= 4 is 40.0 Å². The highest BCUT2D eigenvalue weighted by molar-refractivity contribution is 6.19. The standard InChI is InChI=1S/C24H24N6O2/c1-14(2)30-12-19(20-22(25)26-13-27-23(20)30)21(31)18-11-17(10-9-15(18)3)29-24(32)28-16-7-5-4-6-8-16/h4-14H,1-3H3,(H2,25,26,27)(H2,28,29,32). The van der Waals surface area contributed by atoms with Crippen molar-refractivity contribution in [3.8, 4) is 0 Å². The van der Waals surface area contributed by atoms with E-state index in [-0.39, 0.29) is 17.6 Å². The van der Waals surface area contributed by atoms with Crippen molar-refractivity contribution in [2.75, 3.05) is 16.4 Å². The molecule has 0 aliphatic rings. The number of hydrogen-bond acceptors (Lipinski definition) is 5. The Morgan fingerprint density at radius 3 is 2.41 bits per heavy atom. The summed E-state index contributed by atoms with van der Waals surface area (Å²) >= 11 is 0. The molecule has 0 bridgehead atoms. The number of rotatable bonds is 5. The molecule has 2 amide bonds. The number of nitrogens with one attached hydrogen (secondary N) is 2. The zero-order chi connectivity index (χ0) is 22.8. The van der Waals surface area contributed by atoms with Gasteiger partial charge in [0, 0.05) is 29.2 Å². The fourth-order valence-corrected chi connectivity index (χ4v) is 3.58. The van der Waals surface area contributed by atoms with Gasteiger partial charge in [-0.25, -0.2) is 14.8 Å². The van der Waals surface area contributed by atoms with E-state index in [4.69, 9.17) is 5.73 Å². The van der Waals surface area contributed by atoms with E-state index in [1.807, 2.05) is 43.5 Å². The topological polar surface area (TPSA) is 115 Å². The lowest BCUT2D eigenvalue weighted by Crippen LogP contribution is -2.19. The molecule has 8 heteroatoms. The number of amides is 2. The number of nitrogens with zero attached hydrogens (tertiary/aromatic N) is 3.